The van der Waals surface area contributed by atoms with E-state index in [9.17, 15) is 14.3 Å². The second-order valence-corrected chi connectivity index (χ2v) is 4.90. The topological polar surface area (TPSA) is 58.6 Å². The summed E-state index contributed by atoms with van der Waals surface area (Å²) in [5, 5.41) is 12.1. The molecule has 7 heteroatoms. The molecule has 0 unspecified atom stereocenters. The number of methoxy groups -OCH3 is 1. The lowest BCUT2D eigenvalue weighted by Gasteiger charge is -2.11. The number of benzene rings is 2. The van der Waals surface area contributed by atoms with Gasteiger partial charge in [0, 0.05) is 6.07 Å². The Morgan fingerprint density at radius 3 is 2.38 bits per heavy atom. The molecule has 0 radical (unpaired) electrons. The van der Waals surface area contributed by atoms with E-state index in [-0.39, 0.29) is 27.0 Å². The van der Waals surface area contributed by atoms with Gasteiger partial charge in [0.1, 0.15) is 17.3 Å². The fraction of sp³-hybridized carbons (Fsp3) is 0.0714. The Labute approximate surface area is 130 Å². The predicted octanol–water partition coefficient (Wildman–Crippen LogP) is 4.10. The number of phenols is 1. The summed E-state index contributed by atoms with van der Waals surface area (Å²) in [4.78, 5) is 12.1. The van der Waals surface area contributed by atoms with E-state index in [0.717, 1.165) is 12.1 Å². The minimum Gasteiger partial charge on any atom is -0.507 e. The van der Waals surface area contributed by atoms with Gasteiger partial charge < -0.3 is 15.2 Å². The van der Waals surface area contributed by atoms with Crippen LogP contribution in [0.25, 0.3) is 0 Å². The molecule has 0 aliphatic heterocycles. The van der Waals surface area contributed by atoms with Crippen LogP contribution in [0.2, 0.25) is 10.0 Å². The fourth-order valence-electron chi connectivity index (χ4n) is 1.67. The number of halogens is 3. The lowest BCUT2D eigenvalue weighted by Crippen LogP contribution is -2.13. The zero-order chi connectivity index (χ0) is 15.6. The Balaban J connectivity index is 2.30. The third kappa shape index (κ3) is 3.37. The second-order valence-electron chi connectivity index (χ2n) is 4.08. The Kier molecular flexibility index (Phi) is 4.55. The number of aromatic hydroxyl groups is 1. The summed E-state index contributed by atoms with van der Waals surface area (Å²) >= 11 is 11.7. The molecule has 2 rings (SSSR count). The van der Waals surface area contributed by atoms with E-state index in [2.05, 4.69) is 5.32 Å². The van der Waals surface area contributed by atoms with Gasteiger partial charge >= 0.3 is 0 Å². The molecule has 1 amide bonds. The molecule has 0 saturated carbocycles. The van der Waals surface area contributed by atoms with E-state index >= 15 is 0 Å². The van der Waals surface area contributed by atoms with Gasteiger partial charge in [-0.05, 0) is 24.3 Å². The van der Waals surface area contributed by atoms with Crippen molar-refractivity contribution in [3.05, 3.63) is 51.8 Å². The van der Waals surface area contributed by atoms with Gasteiger partial charge in [-0.15, -0.1) is 0 Å². The Bertz CT molecular complexity index is 684. The Morgan fingerprint density at radius 2 is 1.86 bits per heavy atom. The minimum atomic E-state index is -0.634. The highest BCUT2D eigenvalue weighted by molar-refractivity contribution is 6.40. The zero-order valence-electron chi connectivity index (χ0n) is 10.8. The Morgan fingerprint density at radius 1 is 1.24 bits per heavy atom. The van der Waals surface area contributed by atoms with Crippen LogP contribution in [0.1, 0.15) is 10.4 Å². The van der Waals surface area contributed by atoms with E-state index in [1.807, 2.05) is 0 Å². The first kappa shape index (κ1) is 15.4. The van der Waals surface area contributed by atoms with Crippen LogP contribution in [0.15, 0.2) is 30.3 Å². The van der Waals surface area contributed by atoms with Crippen molar-refractivity contribution >= 4 is 34.8 Å². The number of carbonyl (C=O) groups is 1. The Hall–Kier alpha value is -1.98. The summed E-state index contributed by atoms with van der Waals surface area (Å²) in [5.74, 6) is -1.11. The SMILES string of the molecule is COc1ccc(C(=O)Nc2c(Cl)cc(F)cc2Cl)c(O)c1. The molecule has 0 aliphatic rings. The molecule has 21 heavy (non-hydrogen) atoms. The first-order valence-electron chi connectivity index (χ1n) is 5.75. The van der Waals surface area contributed by atoms with E-state index < -0.39 is 11.7 Å². The van der Waals surface area contributed by atoms with Gasteiger partial charge in [0.15, 0.2) is 0 Å². The predicted molar refractivity (Wildman–Crippen MR) is 79.0 cm³/mol. The molecular formula is C14H10Cl2FNO3. The average molecular weight is 330 g/mol. The van der Waals surface area contributed by atoms with Crippen LogP contribution >= 0.6 is 23.2 Å². The number of amides is 1. The van der Waals surface area contributed by atoms with Crippen molar-refractivity contribution in [1.82, 2.24) is 0 Å². The van der Waals surface area contributed by atoms with Crippen LogP contribution in [-0.4, -0.2) is 18.1 Å². The van der Waals surface area contributed by atoms with Gasteiger partial charge in [0.25, 0.3) is 5.91 Å². The maximum absolute atomic E-state index is 13.1. The number of phenolic OH excluding ortho intramolecular Hbond substituents is 1. The van der Waals surface area contributed by atoms with Crippen LogP contribution in [0.4, 0.5) is 10.1 Å². The molecule has 0 spiro atoms. The van der Waals surface area contributed by atoms with E-state index in [4.69, 9.17) is 27.9 Å². The van der Waals surface area contributed by atoms with Crippen molar-refractivity contribution < 1.29 is 19.0 Å². The maximum atomic E-state index is 13.1. The number of carbonyl (C=O) groups excluding carboxylic acids is 1. The number of rotatable bonds is 3. The van der Waals surface area contributed by atoms with Crippen molar-refractivity contribution in [3.8, 4) is 11.5 Å². The van der Waals surface area contributed by atoms with Crippen molar-refractivity contribution in [2.45, 2.75) is 0 Å². The van der Waals surface area contributed by atoms with Crippen molar-refractivity contribution in [1.29, 1.82) is 0 Å². The molecule has 0 aromatic heterocycles. The van der Waals surface area contributed by atoms with Gasteiger partial charge in [0.2, 0.25) is 0 Å². The van der Waals surface area contributed by atoms with Crippen molar-refractivity contribution in [2.75, 3.05) is 12.4 Å². The molecule has 0 heterocycles. The summed E-state index contributed by atoms with van der Waals surface area (Å²) in [6.45, 7) is 0. The highest BCUT2D eigenvalue weighted by Crippen LogP contribution is 2.32. The first-order chi connectivity index (χ1) is 9.92. The lowest BCUT2D eigenvalue weighted by atomic mass is 10.1. The van der Waals surface area contributed by atoms with Crippen molar-refractivity contribution in [2.24, 2.45) is 0 Å². The number of hydrogen-bond acceptors (Lipinski definition) is 3. The summed E-state index contributed by atoms with van der Waals surface area (Å²) in [7, 11) is 1.44. The monoisotopic (exact) mass is 329 g/mol. The highest BCUT2D eigenvalue weighted by atomic mass is 35.5. The summed E-state index contributed by atoms with van der Waals surface area (Å²) in [6, 6.07) is 6.24. The van der Waals surface area contributed by atoms with Crippen LogP contribution in [-0.2, 0) is 0 Å². The third-order valence-electron chi connectivity index (χ3n) is 2.69. The quantitative estimate of drug-likeness (QED) is 0.891. The molecule has 0 bridgehead atoms. The number of ether oxygens (including phenoxy) is 1. The molecule has 0 fully saturated rings. The summed E-state index contributed by atoms with van der Waals surface area (Å²) in [5.41, 5.74) is 0.0761. The third-order valence-corrected chi connectivity index (χ3v) is 3.29. The van der Waals surface area contributed by atoms with E-state index in [1.54, 1.807) is 0 Å². The standard InChI is InChI=1S/C14H10Cl2FNO3/c1-21-8-2-3-9(12(19)6-8)14(20)18-13-10(15)4-7(17)5-11(13)16/h2-6,19H,1H3,(H,18,20). The molecule has 2 N–H and O–H groups in total. The normalized spacial score (nSPS) is 10.3. The molecule has 4 nitrogen and oxygen atoms in total. The van der Waals surface area contributed by atoms with Gasteiger partial charge in [0.05, 0.1) is 28.4 Å². The summed E-state index contributed by atoms with van der Waals surface area (Å²) in [6.07, 6.45) is 0. The van der Waals surface area contributed by atoms with Gasteiger partial charge in [-0.2, -0.15) is 0 Å². The second kappa shape index (κ2) is 6.20. The number of nitrogens with one attached hydrogen (secondary N) is 1. The van der Waals surface area contributed by atoms with E-state index in [0.29, 0.717) is 5.75 Å². The van der Waals surface area contributed by atoms with Crippen LogP contribution in [0.5, 0.6) is 11.5 Å². The average Bonchev–Trinajstić information content (AvgIpc) is 2.42. The highest BCUT2D eigenvalue weighted by Gasteiger charge is 2.16. The summed E-state index contributed by atoms with van der Waals surface area (Å²) < 4.78 is 18.0. The largest absolute Gasteiger partial charge is 0.507 e. The van der Waals surface area contributed by atoms with Crippen LogP contribution in [0, 0.1) is 5.82 Å². The van der Waals surface area contributed by atoms with Crippen molar-refractivity contribution in [3.63, 3.8) is 0 Å². The number of anilines is 1. The maximum Gasteiger partial charge on any atom is 0.259 e. The molecule has 2 aromatic carbocycles. The van der Waals surface area contributed by atoms with E-state index in [1.165, 1.54) is 25.3 Å². The lowest BCUT2D eigenvalue weighted by molar-refractivity contribution is 0.102. The fourth-order valence-corrected chi connectivity index (χ4v) is 2.23. The minimum absolute atomic E-state index is 0.00672. The molecule has 2 aromatic rings. The zero-order valence-corrected chi connectivity index (χ0v) is 12.3. The van der Waals surface area contributed by atoms with Gasteiger partial charge in [-0.25, -0.2) is 4.39 Å². The molecule has 0 saturated heterocycles. The molecule has 0 aliphatic carbocycles. The molecular weight excluding hydrogens is 320 g/mol. The van der Waals surface area contributed by atoms with Gasteiger partial charge in [-0.1, -0.05) is 23.2 Å². The first-order valence-corrected chi connectivity index (χ1v) is 6.51. The molecule has 0 atom stereocenters. The molecule has 110 valence electrons. The smallest absolute Gasteiger partial charge is 0.259 e. The van der Waals surface area contributed by atoms with Crippen LogP contribution < -0.4 is 10.1 Å². The van der Waals surface area contributed by atoms with Gasteiger partial charge in [-0.3, -0.25) is 4.79 Å². The van der Waals surface area contributed by atoms with Crippen LogP contribution in [0.3, 0.4) is 0 Å². The number of hydrogen-bond donors (Lipinski definition) is 2.